The van der Waals surface area contributed by atoms with Gasteiger partial charge in [0.1, 0.15) is 29.6 Å². The number of hydrogen-bond donors (Lipinski definition) is 1. The number of thiocarbonyl (C=S) groups is 1. The van der Waals surface area contributed by atoms with E-state index in [2.05, 4.69) is 5.32 Å². The molecule has 1 saturated heterocycles. The Morgan fingerprint density at radius 1 is 1.18 bits per heavy atom. The van der Waals surface area contributed by atoms with E-state index < -0.39 is 4.92 Å². The van der Waals surface area contributed by atoms with Crippen LogP contribution in [0.4, 0.5) is 11.4 Å². The van der Waals surface area contributed by atoms with E-state index in [1.54, 1.807) is 30.3 Å². The zero-order valence-electron chi connectivity index (χ0n) is 17.8. The van der Waals surface area contributed by atoms with Crippen LogP contribution in [0.5, 0.6) is 11.5 Å². The second-order valence-corrected chi connectivity index (χ2v) is 7.81. The average molecular weight is 500 g/mol. The first-order valence-electron chi connectivity index (χ1n) is 10.1. The molecule has 2 aromatic carbocycles. The maximum absolute atomic E-state index is 13.0. The number of para-hydroxylation sites is 2. The van der Waals surface area contributed by atoms with Crippen LogP contribution in [0.2, 0.25) is 5.02 Å². The molecule has 0 unspecified atom stereocenters. The molecular weight excluding hydrogens is 482 g/mol. The van der Waals surface area contributed by atoms with Crippen molar-refractivity contribution in [3.8, 4) is 11.5 Å². The maximum atomic E-state index is 13.0. The molecule has 1 aliphatic rings. The summed E-state index contributed by atoms with van der Waals surface area (Å²) in [6.07, 6.45) is 1.52. The van der Waals surface area contributed by atoms with Gasteiger partial charge in [0.05, 0.1) is 17.2 Å². The fourth-order valence-electron chi connectivity index (χ4n) is 3.27. The van der Waals surface area contributed by atoms with Crippen LogP contribution in [0.15, 0.2) is 64.7 Å². The number of hydrogen-bond acceptors (Lipinski definition) is 7. The highest BCUT2D eigenvalue weighted by Gasteiger charge is 2.34. The van der Waals surface area contributed by atoms with Crippen LogP contribution in [0, 0.1) is 10.1 Å². The smallest absolute Gasteiger partial charge is 0.312 e. The van der Waals surface area contributed by atoms with Crippen LogP contribution in [0.25, 0.3) is 6.08 Å². The van der Waals surface area contributed by atoms with Gasteiger partial charge in [0.15, 0.2) is 10.9 Å². The fourth-order valence-corrected chi connectivity index (χ4v) is 3.73. The summed E-state index contributed by atoms with van der Waals surface area (Å²) in [5.41, 5.74) is 0.517. The average Bonchev–Trinajstić information content (AvgIpc) is 3.37. The molecule has 3 aromatic rings. The number of nitrogens with zero attached hydrogens (tertiary/aromatic N) is 2. The van der Waals surface area contributed by atoms with Gasteiger partial charge in [0.25, 0.3) is 5.91 Å². The van der Waals surface area contributed by atoms with Crippen molar-refractivity contribution in [2.24, 2.45) is 0 Å². The molecule has 0 radical (unpaired) electrons. The minimum atomic E-state index is -0.574. The highest BCUT2D eigenvalue weighted by Crippen LogP contribution is 2.32. The largest absolute Gasteiger partial charge is 0.492 e. The van der Waals surface area contributed by atoms with Crippen molar-refractivity contribution in [3.63, 3.8) is 0 Å². The predicted octanol–water partition coefficient (Wildman–Crippen LogP) is 5.08. The van der Waals surface area contributed by atoms with Crippen molar-refractivity contribution in [3.05, 3.63) is 87.0 Å². The zero-order valence-corrected chi connectivity index (χ0v) is 19.4. The summed E-state index contributed by atoms with van der Waals surface area (Å²) in [4.78, 5) is 25.0. The first-order chi connectivity index (χ1) is 16.4. The molecule has 1 fully saturated rings. The van der Waals surface area contributed by atoms with Gasteiger partial charge in [-0.1, -0.05) is 23.7 Å². The zero-order chi connectivity index (χ0) is 24.2. The van der Waals surface area contributed by atoms with Gasteiger partial charge in [-0.2, -0.15) is 0 Å². The molecule has 0 saturated carbocycles. The van der Waals surface area contributed by atoms with Crippen LogP contribution in [0.3, 0.4) is 0 Å². The Hall–Kier alpha value is -3.89. The van der Waals surface area contributed by atoms with Gasteiger partial charge in [-0.3, -0.25) is 14.9 Å². The van der Waals surface area contributed by atoms with Crippen LogP contribution < -0.4 is 19.7 Å². The van der Waals surface area contributed by atoms with Crippen molar-refractivity contribution in [1.82, 2.24) is 5.32 Å². The van der Waals surface area contributed by atoms with E-state index in [1.165, 1.54) is 29.2 Å². The van der Waals surface area contributed by atoms with Crippen molar-refractivity contribution < 1.29 is 23.6 Å². The van der Waals surface area contributed by atoms with E-state index in [0.717, 1.165) is 0 Å². The van der Waals surface area contributed by atoms with E-state index in [-0.39, 0.29) is 39.8 Å². The third kappa shape index (κ3) is 4.87. The molecule has 34 heavy (non-hydrogen) atoms. The number of anilines is 1. The number of carbonyl (C=O) groups excluding carboxylic acids is 1. The molecule has 9 nitrogen and oxygen atoms in total. The summed E-state index contributed by atoms with van der Waals surface area (Å²) in [7, 11) is 0. The highest BCUT2D eigenvalue weighted by molar-refractivity contribution is 7.80. The molecule has 0 aliphatic carbocycles. The number of rotatable bonds is 8. The highest BCUT2D eigenvalue weighted by atomic mass is 35.5. The normalized spacial score (nSPS) is 14.4. The van der Waals surface area contributed by atoms with Crippen molar-refractivity contribution in [1.29, 1.82) is 0 Å². The molecule has 2 heterocycles. The van der Waals surface area contributed by atoms with E-state index in [9.17, 15) is 14.9 Å². The molecule has 1 N–H and O–H groups in total. The van der Waals surface area contributed by atoms with E-state index in [0.29, 0.717) is 29.6 Å². The number of nitro benzene ring substituents is 1. The second kappa shape index (κ2) is 9.94. The summed E-state index contributed by atoms with van der Waals surface area (Å²) in [6, 6.07) is 14.5. The molecular formula is C23H18ClN3O6S. The Kier molecular flexibility index (Phi) is 6.80. The van der Waals surface area contributed by atoms with Gasteiger partial charge in [0, 0.05) is 17.2 Å². The summed E-state index contributed by atoms with van der Waals surface area (Å²) in [6.45, 7) is 2.24. The minimum Gasteiger partial charge on any atom is -0.492 e. The number of nitrogens with one attached hydrogen (secondary N) is 1. The number of carbonyl (C=O) groups is 1. The summed E-state index contributed by atoms with van der Waals surface area (Å²) < 4.78 is 16.8. The number of nitro groups is 1. The van der Waals surface area contributed by atoms with Gasteiger partial charge in [-0.25, -0.2) is 4.90 Å². The molecule has 4 rings (SSSR count). The monoisotopic (exact) mass is 499 g/mol. The summed E-state index contributed by atoms with van der Waals surface area (Å²) in [5, 5.41) is 14.5. The van der Waals surface area contributed by atoms with Crippen LogP contribution in [0.1, 0.15) is 18.4 Å². The quantitative estimate of drug-likeness (QED) is 0.198. The van der Waals surface area contributed by atoms with Gasteiger partial charge >= 0.3 is 5.69 Å². The second-order valence-electron chi connectivity index (χ2n) is 6.99. The van der Waals surface area contributed by atoms with Gasteiger partial charge in [-0.05, 0) is 55.5 Å². The standard InChI is InChI=1S/C23H18ClN3O6S/c1-2-31-20-6-4-3-5-18(20)26-22(28)17(25-23(26)34)12-15-8-9-16(33-15)13-32-21-10-7-14(24)11-19(21)27(29)30/h3-12H,2,13H2,1H3,(H,25,34)/b17-12+. The maximum Gasteiger partial charge on any atom is 0.312 e. The predicted molar refractivity (Wildman–Crippen MR) is 130 cm³/mol. The minimum absolute atomic E-state index is 0.0563. The van der Waals surface area contributed by atoms with E-state index in [1.807, 2.05) is 13.0 Å². The number of amides is 1. The lowest BCUT2D eigenvalue weighted by Crippen LogP contribution is -2.30. The molecule has 1 amide bonds. The van der Waals surface area contributed by atoms with Crippen molar-refractivity contribution >= 4 is 52.3 Å². The molecule has 1 aromatic heterocycles. The van der Waals surface area contributed by atoms with E-state index >= 15 is 0 Å². The number of halogens is 1. The topological polar surface area (TPSA) is 107 Å². The van der Waals surface area contributed by atoms with Crippen molar-refractivity contribution in [2.75, 3.05) is 11.5 Å². The first-order valence-corrected chi connectivity index (χ1v) is 10.9. The Labute approximate surface area is 204 Å². The third-order valence-electron chi connectivity index (χ3n) is 4.74. The van der Waals surface area contributed by atoms with Crippen molar-refractivity contribution in [2.45, 2.75) is 13.5 Å². The first kappa shape index (κ1) is 23.3. The number of benzene rings is 2. The number of furan rings is 1. The fraction of sp³-hybridized carbons (Fsp3) is 0.130. The molecule has 0 spiro atoms. The van der Waals surface area contributed by atoms with Crippen LogP contribution >= 0.6 is 23.8 Å². The Morgan fingerprint density at radius 2 is 1.97 bits per heavy atom. The molecule has 0 atom stereocenters. The van der Waals surface area contributed by atoms with Crippen LogP contribution in [-0.4, -0.2) is 22.5 Å². The summed E-state index contributed by atoms with van der Waals surface area (Å²) >= 11 is 11.2. The lowest BCUT2D eigenvalue weighted by atomic mass is 10.2. The molecule has 1 aliphatic heterocycles. The van der Waals surface area contributed by atoms with E-state index in [4.69, 9.17) is 37.7 Å². The lowest BCUT2D eigenvalue weighted by molar-refractivity contribution is -0.385. The Bertz CT molecular complexity index is 1310. The summed E-state index contributed by atoms with van der Waals surface area (Å²) in [5.74, 6) is 1.03. The molecule has 11 heteroatoms. The molecule has 0 bridgehead atoms. The Balaban J connectivity index is 1.49. The van der Waals surface area contributed by atoms with Gasteiger partial charge < -0.3 is 19.2 Å². The van der Waals surface area contributed by atoms with Gasteiger partial charge in [-0.15, -0.1) is 0 Å². The third-order valence-corrected chi connectivity index (χ3v) is 5.26. The lowest BCUT2D eigenvalue weighted by Gasteiger charge is -2.17. The molecule has 174 valence electrons. The van der Waals surface area contributed by atoms with Crippen LogP contribution in [-0.2, 0) is 11.4 Å². The Morgan fingerprint density at radius 3 is 2.74 bits per heavy atom. The SMILES string of the molecule is CCOc1ccccc1N1C(=O)/C(=C\c2ccc(COc3ccc(Cl)cc3[N+](=O)[O-])o2)NC1=S. The number of ether oxygens (including phenoxy) is 2. The van der Waals surface area contributed by atoms with Gasteiger partial charge in [0.2, 0.25) is 0 Å².